The summed E-state index contributed by atoms with van der Waals surface area (Å²) in [7, 11) is 0. The number of hydrogen-bond acceptors (Lipinski definition) is 4. The third-order valence-electron chi connectivity index (χ3n) is 8.43. The van der Waals surface area contributed by atoms with Crippen molar-refractivity contribution in [2.24, 2.45) is 28.6 Å². The van der Waals surface area contributed by atoms with E-state index < -0.39 is 23.2 Å². The SMILES string of the molecule is C#C[C@]1(O)CC[C@H]2[C@H]3[C@H]([C@@H](O)C[C@@]21C)[C@@]1(C)CC[C@H](O)CC1=C[C@H]3O. The summed E-state index contributed by atoms with van der Waals surface area (Å²) in [5.41, 5.74) is -0.885. The molecule has 0 aromatic rings. The topological polar surface area (TPSA) is 80.9 Å². The van der Waals surface area contributed by atoms with Gasteiger partial charge in [-0.3, -0.25) is 0 Å². The van der Waals surface area contributed by atoms with Crippen LogP contribution in [0.3, 0.4) is 0 Å². The fraction of sp³-hybridized carbons (Fsp3) is 0.810. The summed E-state index contributed by atoms with van der Waals surface area (Å²) in [6.07, 6.45) is 9.90. The molecule has 0 bridgehead atoms. The lowest BCUT2D eigenvalue weighted by Gasteiger charge is -2.61. The molecule has 0 unspecified atom stereocenters. The first-order valence-electron chi connectivity index (χ1n) is 9.62. The van der Waals surface area contributed by atoms with Crippen molar-refractivity contribution in [3.63, 3.8) is 0 Å². The Labute approximate surface area is 150 Å². The second-order valence-electron chi connectivity index (χ2n) is 9.44. The van der Waals surface area contributed by atoms with Crippen LogP contribution in [0.15, 0.2) is 11.6 Å². The van der Waals surface area contributed by atoms with Gasteiger partial charge in [-0.1, -0.05) is 31.4 Å². The van der Waals surface area contributed by atoms with Crippen LogP contribution in [-0.2, 0) is 0 Å². The molecule has 3 fully saturated rings. The number of aliphatic hydroxyl groups is 4. The molecule has 0 radical (unpaired) electrons. The minimum atomic E-state index is -1.21. The molecule has 0 aromatic carbocycles. The highest BCUT2D eigenvalue weighted by atomic mass is 16.3. The summed E-state index contributed by atoms with van der Waals surface area (Å²) in [4.78, 5) is 0. The Morgan fingerprint density at radius 2 is 1.88 bits per heavy atom. The molecule has 9 atom stereocenters. The van der Waals surface area contributed by atoms with Gasteiger partial charge in [0.25, 0.3) is 0 Å². The Bertz CT molecular complexity index is 651. The van der Waals surface area contributed by atoms with Crippen molar-refractivity contribution in [3.05, 3.63) is 11.6 Å². The van der Waals surface area contributed by atoms with Crippen molar-refractivity contribution >= 4 is 0 Å². The summed E-state index contributed by atoms with van der Waals surface area (Å²) >= 11 is 0. The van der Waals surface area contributed by atoms with E-state index in [1.165, 1.54) is 0 Å². The number of aliphatic hydroxyl groups excluding tert-OH is 3. The normalized spacial score (nSPS) is 57.7. The molecule has 4 aliphatic rings. The van der Waals surface area contributed by atoms with Crippen molar-refractivity contribution in [1.29, 1.82) is 0 Å². The van der Waals surface area contributed by atoms with Gasteiger partial charge in [0, 0.05) is 5.41 Å². The average Bonchev–Trinajstić information content (AvgIpc) is 2.81. The zero-order valence-corrected chi connectivity index (χ0v) is 15.2. The first-order chi connectivity index (χ1) is 11.7. The predicted octanol–water partition coefficient (Wildman–Crippen LogP) is 1.62. The molecule has 4 aliphatic carbocycles. The van der Waals surface area contributed by atoms with Crippen LogP contribution in [0.25, 0.3) is 0 Å². The lowest BCUT2D eigenvalue weighted by atomic mass is 9.45. The summed E-state index contributed by atoms with van der Waals surface area (Å²) in [6.45, 7) is 4.17. The van der Waals surface area contributed by atoms with Gasteiger partial charge in [0.15, 0.2) is 0 Å². The molecule has 0 aromatic heterocycles. The van der Waals surface area contributed by atoms with E-state index >= 15 is 0 Å². The molecule has 4 rings (SSSR count). The van der Waals surface area contributed by atoms with E-state index in [1.54, 1.807) is 0 Å². The van der Waals surface area contributed by atoms with Gasteiger partial charge in [-0.25, -0.2) is 0 Å². The van der Waals surface area contributed by atoms with Crippen LogP contribution in [0, 0.1) is 40.9 Å². The molecule has 0 amide bonds. The van der Waals surface area contributed by atoms with Crippen molar-refractivity contribution in [2.75, 3.05) is 0 Å². The Hall–Kier alpha value is -0.860. The summed E-state index contributed by atoms with van der Waals surface area (Å²) in [5, 5.41) is 43.2. The number of hydrogen-bond donors (Lipinski definition) is 4. The predicted molar refractivity (Wildman–Crippen MR) is 94.3 cm³/mol. The van der Waals surface area contributed by atoms with Gasteiger partial charge in [0.2, 0.25) is 0 Å². The van der Waals surface area contributed by atoms with E-state index in [0.29, 0.717) is 19.3 Å². The zero-order valence-electron chi connectivity index (χ0n) is 15.2. The van der Waals surface area contributed by atoms with Crippen molar-refractivity contribution in [3.8, 4) is 12.3 Å². The Balaban J connectivity index is 1.80. The molecule has 4 nitrogen and oxygen atoms in total. The van der Waals surface area contributed by atoms with E-state index in [4.69, 9.17) is 6.42 Å². The van der Waals surface area contributed by atoms with Crippen LogP contribution in [0.4, 0.5) is 0 Å². The molecule has 0 saturated heterocycles. The van der Waals surface area contributed by atoms with Gasteiger partial charge in [-0.15, -0.1) is 6.42 Å². The van der Waals surface area contributed by atoms with E-state index in [1.807, 2.05) is 13.0 Å². The molecule has 25 heavy (non-hydrogen) atoms. The van der Waals surface area contributed by atoms with E-state index in [9.17, 15) is 20.4 Å². The molecule has 4 heteroatoms. The highest BCUT2D eigenvalue weighted by Gasteiger charge is 2.67. The highest BCUT2D eigenvalue weighted by molar-refractivity contribution is 5.31. The summed E-state index contributed by atoms with van der Waals surface area (Å²) < 4.78 is 0. The third kappa shape index (κ3) is 2.10. The van der Waals surface area contributed by atoms with Crippen LogP contribution in [-0.4, -0.2) is 44.3 Å². The second-order valence-corrected chi connectivity index (χ2v) is 9.44. The Morgan fingerprint density at radius 1 is 1.16 bits per heavy atom. The second kappa shape index (κ2) is 5.33. The molecule has 3 saturated carbocycles. The van der Waals surface area contributed by atoms with Gasteiger partial charge in [0.1, 0.15) is 5.60 Å². The first kappa shape index (κ1) is 17.5. The van der Waals surface area contributed by atoms with Crippen LogP contribution in [0.2, 0.25) is 0 Å². The maximum absolute atomic E-state index is 11.2. The summed E-state index contributed by atoms with van der Waals surface area (Å²) in [5.74, 6) is 2.55. The molecule has 0 spiro atoms. The maximum Gasteiger partial charge on any atom is 0.130 e. The monoisotopic (exact) mass is 346 g/mol. The van der Waals surface area contributed by atoms with Gasteiger partial charge < -0.3 is 20.4 Å². The molecular weight excluding hydrogens is 316 g/mol. The van der Waals surface area contributed by atoms with Crippen molar-refractivity contribution < 1.29 is 20.4 Å². The smallest absolute Gasteiger partial charge is 0.130 e. The van der Waals surface area contributed by atoms with Crippen molar-refractivity contribution in [1.82, 2.24) is 0 Å². The average molecular weight is 346 g/mol. The standard InChI is InChI=1S/C21H30O4/c1-4-21(25)8-6-14-17-15(23)10-12-9-13(22)5-7-19(12,2)18(17)16(24)11-20(14,21)3/h1,10,13-18,22-25H,5-9,11H2,2-3H3/t13-,14-,15+,16-,17+,18-,19-,20-,21-/m0/s1. The molecule has 138 valence electrons. The minimum Gasteiger partial charge on any atom is -0.393 e. The van der Waals surface area contributed by atoms with Gasteiger partial charge in [0.05, 0.1) is 18.3 Å². The quantitative estimate of drug-likeness (QED) is 0.397. The zero-order chi connectivity index (χ0) is 18.2. The van der Waals surface area contributed by atoms with Crippen LogP contribution >= 0.6 is 0 Å². The molecular formula is C21H30O4. The fourth-order valence-electron chi connectivity index (χ4n) is 6.99. The Kier molecular flexibility index (Phi) is 3.74. The van der Waals surface area contributed by atoms with Crippen LogP contribution in [0.1, 0.15) is 52.4 Å². The van der Waals surface area contributed by atoms with E-state index in [0.717, 1.165) is 24.8 Å². The fourth-order valence-corrected chi connectivity index (χ4v) is 6.99. The summed E-state index contributed by atoms with van der Waals surface area (Å²) in [6, 6.07) is 0. The lowest BCUT2D eigenvalue weighted by molar-refractivity contribution is -0.172. The van der Waals surface area contributed by atoms with Crippen LogP contribution in [0.5, 0.6) is 0 Å². The van der Waals surface area contributed by atoms with E-state index in [-0.39, 0.29) is 29.3 Å². The largest absolute Gasteiger partial charge is 0.393 e. The number of rotatable bonds is 0. The Morgan fingerprint density at radius 3 is 2.56 bits per heavy atom. The van der Waals surface area contributed by atoms with Crippen LogP contribution < -0.4 is 0 Å². The van der Waals surface area contributed by atoms with Gasteiger partial charge in [-0.2, -0.15) is 0 Å². The number of terminal acetylenes is 1. The lowest BCUT2D eigenvalue weighted by Crippen LogP contribution is -2.62. The third-order valence-corrected chi connectivity index (χ3v) is 8.43. The molecule has 0 aliphatic heterocycles. The highest BCUT2D eigenvalue weighted by Crippen LogP contribution is 2.66. The van der Waals surface area contributed by atoms with E-state index in [2.05, 4.69) is 12.8 Å². The van der Waals surface area contributed by atoms with Gasteiger partial charge >= 0.3 is 0 Å². The molecule has 4 N–H and O–H groups in total. The maximum atomic E-state index is 11.2. The molecule has 0 heterocycles. The number of fused-ring (bicyclic) bond motifs is 5. The van der Waals surface area contributed by atoms with Crippen molar-refractivity contribution in [2.45, 2.75) is 76.3 Å². The van der Waals surface area contributed by atoms with Gasteiger partial charge in [-0.05, 0) is 61.7 Å². The first-order valence-corrected chi connectivity index (χ1v) is 9.62. The minimum absolute atomic E-state index is 0.0480.